The van der Waals surface area contributed by atoms with Crippen LogP contribution in [0.1, 0.15) is 34.6 Å². The lowest BCUT2D eigenvalue weighted by atomic mass is 9.97. The van der Waals surface area contributed by atoms with E-state index in [1.165, 1.54) is 0 Å². The zero-order chi connectivity index (χ0) is 18.8. The van der Waals surface area contributed by atoms with Crippen LogP contribution < -0.4 is 0 Å². The molecule has 0 spiro atoms. The monoisotopic (exact) mass is 362 g/mol. The van der Waals surface area contributed by atoms with Gasteiger partial charge in [-0.25, -0.2) is 4.98 Å². The molecule has 4 rings (SSSR count). The molecule has 0 bridgehead atoms. The van der Waals surface area contributed by atoms with Crippen molar-refractivity contribution in [2.24, 2.45) is 5.92 Å². The summed E-state index contributed by atoms with van der Waals surface area (Å²) in [5, 5.41) is 0. The van der Waals surface area contributed by atoms with Crippen LogP contribution in [-0.4, -0.2) is 38.0 Å². The van der Waals surface area contributed by atoms with E-state index >= 15 is 0 Å². The Labute approximate surface area is 160 Å². The standard InChI is InChI=1S/C22H26N4O/c1-17-13-21(18(2)26(17)20-8-4-3-5-9-20)22(27)25-11-6-7-19(15-25)14-24-12-10-23-16-24/h3-5,8-10,12-13,16,19H,6-7,11,14-15H2,1-2H3. The summed E-state index contributed by atoms with van der Waals surface area (Å²) in [6.45, 7) is 6.68. The minimum absolute atomic E-state index is 0.153. The van der Waals surface area contributed by atoms with Crippen LogP contribution in [0.5, 0.6) is 0 Å². The van der Waals surface area contributed by atoms with Crippen LogP contribution in [0.4, 0.5) is 0 Å². The highest BCUT2D eigenvalue weighted by Gasteiger charge is 2.27. The van der Waals surface area contributed by atoms with E-state index < -0.39 is 0 Å². The summed E-state index contributed by atoms with van der Waals surface area (Å²) in [5.41, 5.74) is 4.03. The number of hydrogen-bond acceptors (Lipinski definition) is 2. The third kappa shape index (κ3) is 3.54. The molecule has 140 valence electrons. The van der Waals surface area contributed by atoms with Crippen molar-refractivity contribution in [2.45, 2.75) is 33.2 Å². The van der Waals surface area contributed by atoms with Gasteiger partial charge in [0.2, 0.25) is 0 Å². The zero-order valence-electron chi connectivity index (χ0n) is 16.0. The molecule has 0 aliphatic carbocycles. The molecule has 3 aromatic rings. The molecule has 27 heavy (non-hydrogen) atoms. The molecule has 5 heteroatoms. The average molecular weight is 362 g/mol. The molecular formula is C22H26N4O. The van der Waals surface area contributed by atoms with E-state index in [4.69, 9.17) is 0 Å². The smallest absolute Gasteiger partial charge is 0.255 e. The van der Waals surface area contributed by atoms with Gasteiger partial charge in [-0.3, -0.25) is 4.79 Å². The highest BCUT2D eigenvalue weighted by molar-refractivity contribution is 5.96. The van der Waals surface area contributed by atoms with Crippen molar-refractivity contribution in [3.8, 4) is 5.69 Å². The zero-order valence-corrected chi connectivity index (χ0v) is 16.0. The Balaban J connectivity index is 1.54. The molecule has 1 aliphatic rings. The molecule has 1 amide bonds. The van der Waals surface area contributed by atoms with Crippen molar-refractivity contribution in [3.63, 3.8) is 0 Å². The summed E-state index contributed by atoms with van der Waals surface area (Å²) in [5.74, 6) is 0.634. The molecule has 3 heterocycles. The first-order valence-electron chi connectivity index (χ1n) is 9.63. The topological polar surface area (TPSA) is 43.1 Å². The fourth-order valence-electron chi connectivity index (χ4n) is 4.22. The lowest BCUT2D eigenvalue weighted by molar-refractivity contribution is 0.0661. The van der Waals surface area contributed by atoms with Crippen LogP contribution in [0, 0.1) is 19.8 Å². The van der Waals surface area contributed by atoms with Crippen molar-refractivity contribution in [2.75, 3.05) is 13.1 Å². The summed E-state index contributed by atoms with van der Waals surface area (Å²) >= 11 is 0. The number of aromatic nitrogens is 3. The summed E-state index contributed by atoms with van der Waals surface area (Å²) in [7, 11) is 0. The van der Waals surface area contributed by atoms with Gasteiger partial charge < -0.3 is 14.0 Å². The number of benzene rings is 1. The minimum Gasteiger partial charge on any atom is -0.338 e. The molecule has 0 radical (unpaired) electrons. The van der Waals surface area contributed by atoms with Crippen molar-refractivity contribution in [1.29, 1.82) is 0 Å². The molecule has 0 N–H and O–H groups in total. The maximum atomic E-state index is 13.3. The van der Waals surface area contributed by atoms with Crippen LogP contribution >= 0.6 is 0 Å². The van der Waals surface area contributed by atoms with Crippen molar-refractivity contribution >= 4 is 5.91 Å². The second kappa shape index (κ2) is 7.43. The van der Waals surface area contributed by atoms with Gasteiger partial charge in [-0.15, -0.1) is 0 Å². The molecule has 2 aromatic heterocycles. The Morgan fingerprint density at radius 2 is 2.04 bits per heavy atom. The molecule has 5 nitrogen and oxygen atoms in total. The first-order chi connectivity index (χ1) is 13.1. The summed E-state index contributed by atoms with van der Waals surface area (Å²) in [6.07, 6.45) is 7.88. The highest BCUT2D eigenvalue weighted by atomic mass is 16.2. The van der Waals surface area contributed by atoms with E-state index in [9.17, 15) is 4.79 Å². The van der Waals surface area contributed by atoms with Crippen molar-refractivity contribution in [3.05, 3.63) is 72.1 Å². The van der Waals surface area contributed by atoms with Crippen LogP contribution in [0.2, 0.25) is 0 Å². The van der Waals surface area contributed by atoms with Gasteiger partial charge in [0.1, 0.15) is 0 Å². The molecule has 1 saturated heterocycles. The number of aryl methyl sites for hydroxylation is 1. The van der Waals surface area contributed by atoms with E-state index in [1.807, 2.05) is 54.8 Å². The maximum absolute atomic E-state index is 13.3. The fraction of sp³-hybridized carbons (Fsp3) is 0.364. The van der Waals surface area contributed by atoms with Crippen molar-refractivity contribution < 1.29 is 4.79 Å². The molecule has 1 aromatic carbocycles. The second-order valence-corrected chi connectivity index (χ2v) is 7.47. The van der Waals surface area contributed by atoms with Gasteiger partial charge in [-0.05, 0) is 50.8 Å². The summed E-state index contributed by atoms with van der Waals surface area (Å²) in [6, 6.07) is 12.3. The molecule has 0 saturated carbocycles. The second-order valence-electron chi connectivity index (χ2n) is 7.47. The summed E-state index contributed by atoms with van der Waals surface area (Å²) < 4.78 is 4.28. The number of nitrogens with zero attached hydrogens (tertiary/aromatic N) is 4. The number of piperidine rings is 1. The van der Waals surface area contributed by atoms with E-state index in [0.29, 0.717) is 5.92 Å². The number of imidazole rings is 1. The van der Waals surface area contributed by atoms with Gasteiger partial charge in [-0.2, -0.15) is 0 Å². The van der Waals surface area contributed by atoms with Gasteiger partial charge in [0.25, 0.3) is 5.91 Å². The minimum atomic E-state index is 0.153. The average Bonchev–Trinajstić information content (AvgIpc) is 3.29. The third-order valence-corrected chi connectivity index (χ3v) is 5.51. The normalized spacial score (nSPS) is 17.3. The van der Waals surface area contributed by atoms with E-state index in [0.717, 1.165) is 55.1 Å². The van der Waals surface area contributed by atoms with Crippen LogP contribution in [0.15, 0.2) is 55.1 Å². The Kier molecular flexibility index (Phi) is 4.84. The quantitative estimate of drug-likeness (QED) is 0.708. The number of amides is 1. The van der Waals surface area contributed by atoms with Gasteiger partial charge in [0.05, 0.1) is 11.9 Å². The van der Waals surface area contributed by atoms with E-state index in [-0.39, 0.29) is 5.91 Å². The summed E-state index contributed by atoms with van der Waals surface area (Å²) in [4.78, 5) is 19.4. The largest absolute Gasteiger partial charge is 0.338 e. The molecule has 1 fully saturated rings. The highest BCUT2D eigenvalue weighted by Crippen LogP contribution is 2.25. The van der Waals surface area contributed by atoms with Gasteiger partial charge in [0, 0.05) is 49.1 Å². The van der Waals surface area contributed by atoms with E-state index in [1.54, 1.807) is 0 Å². The van der Waals surface area contributed by atoms with Gasteiger partial charge in [-0.1, -0.05) is 18.2 Å². The fourth-order valence-corrected chi connectivity index (χ4v) is 4.22. The number of likely N-dealkylation sites (tertiary alicyclic amines) is 1. The molecule has 1 unspecified atom stereocenters. The van der Waals surface area contributed by atoms with Gasteiger partial charge >= 0.3 is 0 Å². The molecule has 1 aliphatic heterocycles. The lowest BCUT2D eigenvalue weighted by Gasteiger charge is -2.33. The molecule has 1 atom stereocenters. The number of hydrogen-bond donors (Lipinski definition) is 0. The SMILES string of the molecule is Cc1cc(C(=O)N2CCCC(Cn3ccnc3)C2)c(C)n1-c1ccccc1. The Morgan fingerprint density at radius 3 is 2.78 bits per heavy atom. The number of carbonyl (C=O) groups is 1. The Hall–Kier alpha value is -2.82. The predicted molar refractivity (Wildman–Crippen MR) is 106 cm³/mol. The number of para-hydroxylation sites is 1. The van der Waals surface area contributed by atoms with Crippen LogP contribution in [0.3, 0.4) is 0 Å². The Bertz CT molecular complexity index is 911. The van der Waals surface area contributed by atoms with Crippen LogP contribution in [-0.2, 0) is 6.54 Å². The van der Waals surface area contributed by atoms with Crippen LogP contribution in [0.25, 0.3) is 5.69 Å². The first-order valence-corrected chi connectivity index (χ1v) is 9.63. The number of rotatable bonds is 4. The third-order valence-electron chi connectivity index (χ3n) is 5.51. The molecular weight excluding hydrogens is 336 g/mol. The van der Waals surface area contributed by atoms with Crippen molar-refractivity contribution in [1.82, 2.24) is 19.0 Å². The van der Waals surface area contributed by atoms with Gasteiger partial charge in [0.15, 0.2) is 0 Å². The predicted octanol–water partition coefficient (Wildman–Crippen LogP) is 3.84. The maximum Gasteiger partial charge on any atom is 0.255 e. The Morgan fingerprint density at radius 1 is 1.22 bits per heavy atom. The van der Waals surface area contributed by atoms with E-state index in [2.05, 4.69) is 33.2 Å². The number of carbonyl (C=O) groups excluding carboxylic acids is 1. The lowest BCUT2D eigenvalue weighted by Crippen LogP contribution is -2.41. The first kappa shape index (κ1) is 17.6.